The van der Waals surface area contributed by atoms with Crippen LogP contribution in [0.3, 0.4) is 0 Å². The molecule has 3 heterocycles. The van der Waals surface area contributed by atoms with E-state index < -0.39 is 0 Å². The monoisotopic (exact) mass is 447 g/mol. The quantitative estimate of drug-likeness (QED) is 0.517. The van der Waals surface area contributed by atoms with Crippen molar-refractivity contribution >= 4 is 16.9 Å². The lowest BCUT2D eigenvalue weighted by Crippen LogP contribution is -2.34. The fraction of sp³-hybridized carbons (Fsp3) is 0.500. The third kappa shape index (κ3) is 5.09. The summed E-state index contributed by atoms with van der Waals surface area (Å²) in [5.74, 6) is 1.57. The van der Waals surface area contributed by atoms with Gasteiger partial charge in [0.25, 0.3) is 0 Å². The molecule has 2 fully saturated rings. The molecule has 3 N–H and O–H groups in total. The zero-order valence-electron chi connectivity index (χ0n) is 19.2. The molecule has 3 aromatic rings. The normalized spacial score (nSPS) is 22.7. The summed E-state index contributed by atoms with van der Waals surface area (Å²) in [6, 6.07) is 10.4. The fourth-order valence-electron chi connectivity index (χ4n) is 4.96. The van der Waals surface area contributed by atoms with E-state index in [9.17, 15) is 5.11 Å². The third-order valence-corrected chi connectivity index (χ3v) is 6.96. The highest BCUT2D eigenvalue weighted by molar-refractivity contribution is 5.86. The number of benzene rings is 1. The minimum Gasteiger partial charge on any atom is -0.474 e. The van der Waals surface area contributed by atoms with Crippen molar-refractivity contribution < 1.29 is 9.84 Å². The Balaban J connectivity index is 1.48. The van der Waals surface area contributed by atoms with Crippen LogP contribution in [0.4, 0.5) is 5.95 Å². The van der Waals surface area contributed by atoms with Crippen molar-refractivity contribution in [2.75, 3.05) is 18.4 Å². The van der Waals surface area contributed by atoms with Gasteiger partial charge in [0.05, 0.1) is 23.0 Å². The van der Waals surface area contributed by atoms with Gasteiger partial charge in [-0.05, 0) is 70.0 Å². The Labute approximate surface area is 195 Å². The molecular weight excluding hydrogens is 414 g/mol. The number of aliphatic hydroxyl groups is 1. The first kappa shape index (κ1) is 22.0. The van der Waals surface area contributed by atoms with Gasteiger partial charge in [-0.25, -0.2) is 15.0 Å². The van der Waals surface area contributed by atoms with Crippen LogP contribution in [0, 0.1) is 0 Å². The highest BCUT2D eigenvalue weighted by Crippen LogP contribution is 2.38. The fourth-order valence-corrected chi connectivity index (χ4v) is 4.96. The number of aromatic nitrogens is 3. The minimum atomic E-state index is -0.193. The lowest BCUT2D eigenvalue weighted by molar-refractivity contribution is 0.122. The first-order valence-corrected chi connectivity index (χ1v) is 12.2. The molecule has 1 saturated carbocycles. The van der Waals surface area contributed by atoms with Crippen molar-refractivity contribution in [1.82, 2.24) is 20.3 Å². The molecular formula is C26H33N5O2. The molecule has 2 aromatic heterocycles. The van der Waals surface area contributed by atoms with E-state index in [-0.39, 0.29) is 18.2 Å². The molecule has 2 aliphatic rings. The summed E-state index contributed by atoms with van der Waals surface area (Å²) < 4.78 is 6.33. The summed E-state index contributed by atoms with van der Waals surface area (Å²) in [7, 11) is 0. The zero-order valence-corrected chi connectivity index (χ0v) is 19.2. The Kier molecular flexibility index (Phi) is 6.69. The molecule has 5 rings (SSSR count). The highest BCUT2D eigenvalue weighted by atomic mass is 16.5. The third-order valence-electron chi connectivity index (χ3n) is 6.96. The Morgan fingerprint density at radius 3 is 2.52 bits per heavy atom. The first-order valence-electron chi connectivity index (χ1n) is 12.2. The number of piperidine rings is 1. The number of rotatable bonds is 6. The topological polar surface area (TPSA) is 92.2 Å². The molecule has 0 bridgehead atoms. The zero-order chi connectivity index (χ0) is 22.6. The number of fused-ring (bicyclic) bond motifs is 1. The van der Waals surface area contributed by atoms with Gasteiger partial charge >= 0.3 is 0 Å². The lowest BCUT2D eigenvalue weighted by atomic mass is 9.83. The van der Waals surface area contributed by atoms with E-state index in [4.69, 9.17) is 14.7 Å². The van der Waals surface area contributed by atoms with E-state index in [2.05, 4.69) is 34.7 Å². The summed E-state index contributed by atoms with van der Waals surface area (Å²) in [4.78, 5) is 14.3. The van der Waals surface area contributed by atoms with E-state index in [1.165, 1.54) is 5.56 Å². The Hall–Kier alpha value is -2.77. The van der Waals surface area contributed by atoms with Crippen LogP contribution in [0.15, 0.2) is 42.7 Å². The summed E-state index contributed by atoms with van der Waals surface area (Å²) in [5.41, 5.74) is 3.23. The maximum Gasteiger partial charge on any atom is 0.224 e. The van der Waals surface area contributed by atoms with E-state index in [1.807, 2.05) is 30.6 Å². The van der Waals surface area contributed by atoms with E-state index in [0.717, 1.165) is 68.1 Å². The van der Waals surface area contributed by atoms with Crippen molar-refractivity contribution in [3.05, 3.63) is 53.9 Å². The van der Waals surface area contributed by atoms with Crippen molar-refractivity contribution in [3.63, 3.8) is 0 Å². The van der Waals surface area contributed by atoms with E-state index >= 15 is 0 Å². The molecule has 0 unspecified atom stereocenters. The molecule has 0 spiro atoms. The van der Waals surface area contributed by atoms with Crippen LogP contribution in [-0.2, 0) is 0 Å². The Morgan fingerprint density at radius 1 is 1.00 bits per heavy atom. The number of hydrogen-bond acceptors (Lipinski definition) is 7. The molecule has 1 aliphatic heterocycles. The minimum absolute atomic E-state index is 0.0872. The molecule has 1 atom stereocenters. The molecule has 7 nitrogen and oxygen atoms in total. The predicted octanol–water partition coefficient (Wildman–Crippen LogP) is 4.35. The van der Waals surface area contributed by atoms with Crippen LogP contribution in [0.1, 0.15) is 68.5 Å². The molecule has 1 aromatic carbocycles. The van der Waals surface area contributed by atoms with Crippen molar-refractivity contribution in [3.8, 4) is 5.88 Å². The number of aliphatic hydroxyl groups excluding tert-OH is 1. The van der Waals surface area contributed by atoms with Gasteiger partial charge in [0.1, 0.15) is 6.10 Å². The van der Waals surface area contributed by atoms with Gasteiger partial charge in [0.15, 0.2) is 0 Å². The number of pyridine rings is 1. The van der Waals surface area contributed by atoms with Gasteiger partial charge in [0.2, 0.25) is 11.8 Å². The van der Waals surface area contributed by atoms with Gasteiger partial charge in [-0.2, -0.15) is 0 Å². The average Bonchev–Trinajstić information content (AvgIpc) is 2.86. The van der Waals surface area contributed by atoms with Crippen LogP contribution in [-0.4, -0.2) is 45.4 Å². The molecule has 33 heavy (non-hydrogen) atoms. The molecule has 174 valence electrons. The number of hydrogen-bond donors (Lipinski definition) is 3. The maximum absolute atomic E-state index is 9.99. The summed E-state index contributed by atoms with van der Waals surface area (Å²) in [6.45, 7) is 4.05. The van der Waals surface area contributed by atoms with Gasteiger partial charge < -0.3 is 20.5 Å². The number of anilines is 1. The standard InChI is InChI=1S/C26H33N5O2/c1-17(18-5-3-2-4-6-18)30-26-29-16-23-24(31-26)22(19-7-9-20(32)10-8-19)15-28-25(23)33-21-11-13-27-14-12-21/h2-6,15-17,19-21,27,32H,7-14H2,1H3,(H,29,30,31)/t17-,19?,20?/m1/s1. The molecule has 1 aliphatic carbocycles. The average molecular weight is 448 g/mol. The van der Waals surface area contributed by atoms with Gasteiger partial charge in [-0.3, -0.25) is 0 Å². The second kappa shape index (κ2) is 10.0. The molecule has 1 saturated heterocycles. The molecule has 0 amide bonds. The largest absolute Gasteiger partial charge is 0.474 e. The first-order chi connectivity index (χ1) is 16.2. The summed E-state index contributed by atoms with van der Waals surface area (Å²) in [5, 5.41) is 17.7. The van der Waals surface area contributed by atoms with Crippen LogP contribution in [0.5, 0.6) is 5.88 Å². The van der Waals surface area contributed by atoms with Crippen molar-refractivity contribution in [2.24, 2.45) is 0 Å². The summed E-state index contributed by atoms with van der Waals surface area (Å²) in [6.07, 6.45) is 9.24. The van der Waals surface area contributed by atoms with Crippen molar-refractivity contribution in [1.29, 1.82) is 0 Å². The number of ether oxygens (including phenoxy) is 1. The highest BCUT2D eigenvalue weighted by Gasteiger charge is 2.26. The lowest BCUT2D eigenvalue weighted by Gasteiger charge is -2.27. The van der Waals surface area contributed by atoms with Crippen LogP contribution >= 0.6 is 0 Å². The number of nitrogens with zero attached hydrogens (tertiary/aromatic N) is 3. The Bertz CT molecular complexity index is 1060. The van der Waals surface area contributed by atoms with E-state index in [1.54, 1.807) is 0 Å². The maximum atomic E-state index is 9.99. The van der Waals surface area contributed by atoms with Gasteiger partial charge in [0, 0.05) is 18.0 Å². The summed E-state index contributed by atoms with van der Waals surface area (Å²) >= 11 is 0. The van der Waals surface area contributed by atoms with Crippen LogP contribution in [0.2, 0.25) is 0 Å². The smallest absolute Gasteiger partial charge is 0.224 e. The Morgan fingerprint density at radius 2 is 1.76 bits per heavy atom. The SMILES string of the molecule is C[C@@H](Nc1ncc2c(OC3CCNCC3)ncc(C3CCC(O)CC3)c2n1)c1ccccc1. The second-order valence-corrected chi connectivity index (χ2v) is 9.32. The van der Waals surface area contributed by atoms with Gasteiger partial charge in [-0.15, -0.1) is 0 Å². The van der Waals surface area contributed by atoms with Crippen LogP contribution < -0.4 is 15.4 Å². The van der Waals surface area contributed by atoms with Crippen molar-refractivity contribution in [2.45, 2.75) is 69.6 Å². The van der Waals surface area contributed by atoms with Gasteiger partial charge in [-0.1, -0.05) is 30.3 Å². The molecule has 0 radical (unpaired) electrons. The van der Waals surface area contributed by atoms with E-state index in [0.29, 0.717) is 17.7 Å². The van der Waals surface area contributed by atoms with Crippen LogP contribution in [0.25, 0.3) is 10.9 Å². The number of nitrogens with one attached hydrogen (secondary N) is 2. The second-order valence-electron chi connectivity index (χ2n) is 9.32. The molecule has 7 heteroatoms. The predicted molar refractivity (Wildman–Crippen MR) is 130 cm³/mol.